The molecule has 0 saturated carbocycles. The molecule has 0 aliphatic carbocycles. The molecule has 0 heterocycles. The summed E-state index contributed by atoms with van der Waals surface area (Å²) in [5, 5.41) is 29.8. The van der Waals surface area contributed by atoms with Crippen LogP contribution in [0.25, 0.3) is 0 Å². The van der Waals surface area contributed by atoms with Gasteiger partial charge in [-0.25, -0.2) is 0 Å². The second-order valence-corrected chi connectivity index (χ2v) is 3.99. The van der Waals surface area contributed by atoms with E-state index in [1.165, 1.54) is 6.07 Å². The van der Waals surface area contributed by atoms with Crippen molar-refractivity contribution >= 4 is 24.2 Å². The van der Waals surface area contributed by atoms with E-state index in [-0.39, 0.29) is 22.6 Å². The molecule has 0 bridgehead atoms. The Bertz CT molecular complexity index is 447. The van der Waals surface area contributed by atoms with Gasteiger partial charge in [-0.1, -0.05) is 0 Å². The fraction of sp³-hybridized carbons (Fsp3) is 0.300. The number of rotatable bonds is 5. The molecular weight excluding hydrogens is 260 g/mol. The van der Waals surface area contributed by atoms with Gasteiger partial charge in [-0.2, -0.15) is 12.6 Å². The molecule has 0 saturated heterocycles. The van der Waals surface area contributed by atoms with Crippen molar-refractivity contribution in [2.45, 2.75) is 12.2 Å². The monoisotopic (exact) mass is 272 g/mol. The van der Waals surface area contributed by atoms with Crippen molar-refractivity contribution in [3.8, 4) is 0 Å². The normalized spacial score (nSPS) is 13.9. The molecule has 8 heteroatoms. The van der Waals surface area contributed by atoms with Crippen molar-refractivity contribution in [1.29, 1.82) is 0 Å². The van der Waals surface area contributed by atoms with Gasteiger partial charge in [0.2, 0.25) is 5.91 Å². The minimum absolute atomic E-state index is 0.0320. The number of aliphatic hydroxyl groups excluding tert-OH is 2. The highest BCUT2D eigenvalue weighted by molar-refractivity contribution is 7.80. The van der Waals surface area contributed by atoms with E-state index >= 15 is 0 Å². The maximum absolute atomic E-state index is 11.0. The third-order valence-electron chi connectivity index (χ3n) is 2.33. The van der Waals surface area contributed by atoms with E-state index in [9.17, 15) is 25.1 Å². The number of primary amides is 1. The minimum atomic E-state index is -1.37. The quantitative estimate of drug-likeness (QED) is 0.341. The molecule has 0 aliphatic rings. The third kappa shape index (κ3) is 3.19. The molecule has 0 aliphatic heterocycles. The van der Waals surface area contributed by atoms with Gasteiger partial charge < -0.3 is 15.9 Å². The Morgan fingerprint density at radius 1 is 1.44 bits per heavy atom. The van der Waals surface area contributed by atoms with Crippen molar-refractivity contribution in [2.24, 2.45) is 5.73 Å². The van der Waals surface area contributed by atoms with Gasteiger partial charge in [0.25, 0.3) is 5.69 Å². The van der Waals surface area contributed by atoms with Gasteiger partial charge in [-0.05, 0) is 11.6 Å². The lowest BCUT2D eigenvalue weighted by Crippen LogP contribution is -2.21. The van der Waals surface area contributed by atoms with Gasteiger partial charge in [-0.15, -0.1) is 0 Å². The van der Waals surface area contributed by atoms with E-state index in [0.29, 0.717) is 0 Å². The number of amides is 1. The number of thiol groups is 1. The lowest BCUT2D eigenvalue weighted by molar-refractivity contribution is -0.385. The Balaban J connectivity index is 3.26. The molecule has 0 fully saturated rings. The molecule has 2 unspecified atom stereocenters. The van der Waals surface area contributed by atoms with Gasteiger partial charge in [0.05, 0.1) is 11.0 Å². The summed E-state index contributed by atoms with van der Waals surface area (Å²) in [6, 6.07) is 3.28. The largest absolute Gasteiger partial charge is 0.389 e. The molecule has 0 aromatic heterocycles. The van der Waals surface area contributed by atoms with Crippen LogP contribution in [0.1, 0.15) is 22.0 Å². The third-order valence-corrected chi connectivity index (χ3v) is 2.70. The highest BCUT2D eigenvalue weighted by Crippen LogP contribution is 2.24. The zero-order valence-electron chi connectivity index (χ0n) is 9.18. The molecule has 0 radical (unpaired) electrons. The standard InChI is InChI=1S/C10H12N2O5S/c11-10(15)6-1-5(9(14)8(13)4-18)2-7(3-6)12(16)17/h1-3,8-9,13-14,18H,4H2,(H2,11,15). The summed E-state index contributed by atoms with van der Waals surface area (Å²) in [5.74, 6) is -0.886. The number of carbonyl (C=O) groups is 1. The molecule has 2 atom stereocenters. The Hall–Kier alpha value is -1.64. The first kappa shape index (κ1) is 14.4. The van der Waals surface area contributed by atoms with Crippen LogP contribution in [0.5, 0.6) is 0 Å². The van der Waals surface area contributed by atoms with Gasteiger partial charge >= 0.3 is 0 Å². The molecule has 1 amide bonds. The number of nitro benzene ring substituents is 1. The number of non-ortho nitro benzene ring substituents is 1. The first-order chi connectivity index (χ1) is 8.36. The summed E-state index contributed by atoms with van der Waals surface area (Å²) in [4.78, 5) is 21.0. The number of hydrogen-bond donors (Lipinski definition) is 4. The van der Waals surface area contributed by atoms with E-state index in [1.807, 2.05) is 0 Å². The van der Waals surface area contributed by atoms with Crippen molar-refractivity contribution < 1.29 is 19.9 Å². The summed E-state index contributed by atoms with van der Waals surface area (Å²) < 4.78 is 0. The molecule has 4 N–H and O–H groups in total. The van der Waals surface area contributed by atoms with E-state index in [0.717, 1.165) is 12.1 Å². The van der Waals surface area contributed by atoms with Gasteiger partial charge in [-0.3, -0.25) is 14.9 Å². The fourth-order valence-electron chi connectivity index (χ4n) is 1.38. The molecular formula is C10H12N2O5S. The van der Waals surface area contributed by atoms with E-state index < -0.39 is 23.0 Å². The first-order valence-corrected chi connectivity index (χ1v) is 5.56. The number of nitrogens with two attached hydrogens (primary N) is 1. The van der Waals surface area contributed by atoms with E-state index in [4.69, 9.17) is 5.73 Å². The van der Waals surface area contributed by atoms with Gasteiger partial charge in [0.1, 0.15) is 6.10 Å². The highest BCUT2D eigenvalue weighted by Gasteiger charge is 2.21. The lowest BCUT2D eigenvalue weighted by atomic mass is 10.0. The maximum atomic E-state index is 11.0. The molecule has 1 rings (SSSR count). The number of carbonyl (C=O) groups excluding carboxylic acids is 1. The Labute approximate surface area is 108 Å². The van der Waals surface area contributed by atoms with Crippen LogP contribution in [0, 0.1) is 10.1 Å². The summed E-state index contributed by atoms with van der Waals surface area (Å²) >= 11 is 3.80. The van der Waals surface area contributed by atoms with Crippen molar-refractivity contribution in [1.82, 2.24) is 0 Å². The topological polar surface area (TPSA) is 127 Å². The number of hydrogen-bond acceptors (Lipinski definition) is 6. The van der Waals surface area contributed by atoms with E-state index in [2.05, 4.69) is 12.6 Å². The second-order valence-electron chi connectivity index (χ2n) is 3.63. The molecule has 18 heavy (non-hydrogen) atoms. The Morgan fingerprint density at radius 3 is 2.50 bits per heavy atom. The summed E-state index contributed by atoms with van der Waals surface area (Å²) in [5.41, 5.74) is 4.59. The molecule has 0 spiro atoms. The predicted molar refractivity (Wildman–Crippen MR) is 66.4 cm³/mol. The summed E-state index contributed by atoms with van der Waals surface area (Å²) in [7, 11) is 0. The van der Waals surface area contributed by atoms with Gasteiger partial charge in [0.15, 0.2) is 0 Å². The predicted octanol–water partition coefficient (Wildman–Crippen LogP) is 0.0178. The average Bonchev–Trinajstić information content (AvgIpc) is 2.36. The lowest BCUT2D eigenvalue weighted by Gasteiger charge is -2.16. The van der Waals surface area contributed by atoms with Crippen LogP contribution in [0.3, 0.4) is 0 Å². The van der Waals surface area contributed by atoms with Crippen molar-refractivity contribution in [2.75, 3.05) is 5.75 Å². The molecule has 1 aromatic carbocycles. The second kappa shape index (κ2) is 5.80. The van der Waals surface area contributed by atoms with Crippen LogP contribution < -0.4 is 5.73 Å². The smallest absolute Gasteiger partial charge is 0.270 e. The van der Waals surface area contributed by atoms with Gasteiger partial charge in [0, 0.05) is 23.4 Å². The first-order valence-electron chi connectivity index (χ1n) is 4.93. The molecule has 7 nitrogen and oxygen atoms in total. The Morgan fingerprint density at radius 2 is 2.06 bits per heavy atom. The van der Waals surface area contributed by atoms with Crippen molar-refractivity contribution in [3.63, 3.8) is 0 Å². The number of aliphatic hydroxyl groups is 2. The zero-order valence-corrected chi connectivity index (χ0v) is 10.1. The average molecular weight is 272 g/mol. The summed E-state index contributed by atoms with van der Waals surface area (Å²) in [6.45, 7) is 0. The van der Waals surface area contributed by atoms with Crippen molar-refractivity contribution in [3.05, 3.63) is 39.4 Å². The SMILES string of the molecule is NC(=O)c1cc(C(O)C(O)CS)cc([N+](=O)[O-])c1. The van der Waals surface area contributed by atoms with Crippen LogP contribution in [-0.4, -0.2) is 32.9 Å². The summed E-state index contributed by atoms with van der Waals surface area (Å²) in [6.07, 6.45) is -2.57. The molecule has 98 valence electrons. The number of nitrogens with zero attached hydrogens (tertiary/aromatic N) is 1. The fourth-order valence-corrected chi connectivity index (χ4v) is 1.57. The highest BCUT2D eigenvalue weighted by atomic mass is 32.1. The maximum Gasteiger partial charge on any atom is 0.270 e. The zero-order chi connectivity index (χ0) is 13.9. The van der Waals surface area contributed by atoms with Crippen LogP contribution in [-0.2, 0) is 0 Å². The number of benzene rings is 1. The van der Waals surface area contributed by atoms with Crippen LogP contribution in [0.4, 0.5) is 5.69 Å². The van der Waals surface area contributed by atoms with E-state index in [1.54, 1.807) is 0 Å². The minimum Gasteiger partial charge on any atom is -0.389 e. The van der Waals surface area contributed by atoms with Crippen LogP contribution >= 0.6 is 12.6 Å². The van der Waals surface area contributed by atoms with Crippen LogP contribution in [0.2, 0.25) is 0 Å². The van der Waals surface area contributed by atoms with Crippen LogP contribution in [0.15, 0.2) is 18.2 Å². The number of nitro groups is 1. The molecule has 1 aromatic rings. The Kier molecular flexibility index (Phi) is 4.65.